The fourth-order valence-electron chi connectivity index (χ4n) is 1.42. The quantitative estimate of drug-likeness (QED) is 0.658. The number of amides is 1. The summed E-state index contributed by atoms with van der Waals surface area (Å²) in [6.07, 6.45) is 2.31. The largest absolute Gasteiger partial charge is 0.444 e. The van der Waals surface area contributed by atoms with Gasteiger partial charge in [-0.25, -0.2) is 4.79 Å². The number of ether oxygens (including phenoxy) is 1. The van der Waals surface area contributed by atoms with E-state index in [2.05, 4.69) is 5.32 Å². The number of hydrogen-bond acceptors (Lipinski definition) is 4. The van der Waals surface area contributed by atoms with E-state index < -0.39 is 11.7 Å². The van der Waals surface area contributed by atoms with E-state index in [4.69, 9.17) is 8.92 Å². The molecule has 0 spiro atoms. The summed E-state index contributed by atoms with van der Waals surface area (Å²) in [6, 6.07) is 7.66. The Hall–Kier alpha value is -1.20. The van der Waals surface area contributed by atoms with Crippen LogP contribution in [0.25, 0.3) is 0 Å². The minimum atomic E-state index is -0.487. The fourth-order valence-corrected chi connectivity index (χ4v) is 1.67. The third-order valence-electron chi connectivity index (χ3n) is 2.19. The molecule has 1 aromatic carbocycles. The van der Waals surface area contributed by atoms with E-state index in [1.54, 1.807) is 0 Å². The third-order valence-corrected chi connectivity index (χ3v) is 2.59. The van der Waals surface area contributed by atoms with E-state index in [-0.39, 0.29) is 0 Å². The number of benzene rings is 1. The highest BCUT2D eigenvalue weighted by Gasteiger charge is 2.15. The number of anilines is 1. The van der Waals surface area contributed by atoms with Gasteiger partial charge in [-0.3, -0.25) is 5.32 Å². The zero-order valence-corrected chi connectivity index (χ0v) is 12.7. The Bertz CT molecular complexity index is 398. The first-order valence-electron chi connectivity index (χ1n) is 6.15. The van der Waals surface area contributed by atoms with E-state index in [0.717, 1.165) is 12.1 Å². The van der Waals surface area contributed by atoms with Crippen molar-refractivity contribution in [2.24, 2.45) is 0 Å². The van der Waals surface area contributed by atoms with E-state index in [0.29, 0.717) is 6.61 Å². The molecule has 0 atom stereocenters. The highest BCUT2D eigenvalue weighted by molar-refractivity contribution is 7.93. The first kappa shape index (κ1) is 15.9. The maximum atomic E-state index is 11.6. The first-order valence-corrected chi connectivity index (χ1v) is 7.30. The van der Waals surface area contributed by atoms with Crippen LogP contribution in [0.15, 0.2) is 24.3 Å². The van der Waals surface area contributed by atoms with Gasteiger partial charge in [-0.05, 0) is 56.9 Å². The lowest BCUT2D eigenvalue weighted by Gasteiger charge is -2.19. The summed E-state index contributed by atoms with van der Waals surface area (Å²) in [5.74, 6) is 0. The highest BCUT2D eigenvalue weighted by atomic mass is 32.2. The van der Waals surface area contributed by atoms with Crippen LogP contribution >= 0.6 is 12.0 Å². The molecule has 0 heterocycles. The topological polar surface area (TPSA) is 47.6 Å². The SMILES string of the molecule is CSOCCc1ccc(NC(=O)OC(C)(C)C)cc1. The Morgan fingerprint density at radius 2 is 1.89 bits per heavy atom. The smallest absolute Gasteiger partial charge is 0.412 e. The molecular weight excluding hydrogens is 262 g/mol. The molecular formula is C14H21NO3S. The van der Waals surface area contributed by atoms with Gasteiger partial charge in [0.1, 0.15) is 5.60 Å². The maximum absolute atomic E-state index is 11.6. The molecule has 0 aliphatic heterocycles. The van der Waals surface area contributed by atoms with Gasteiger partial charge in [0.05, 0.1) is 6.61 Å². The average molecular weight is 283 g/mol. The maximum Gasteiger partial charge on any atom is 0.412 e. The lowest BCUT2D eigenvalue weighted by molar-refractivity contribution is 0.0636. The third kappa shape index (κ3) is 7.08. The predicted octanol–water partition coefficient (Wildman–Crippen LogP) is 3.87. The Morgan fingerprint density at radius 1 is 1.26 bits per heavy atom. The van der Waals surface area contributed by atoms with E-state index in [1.807, 2.05) is 51.3 Å². The summed E-state index contributed by atoms with van der Waals surface area (Å²) in [6.45, 7) is 6.18. The van der Waals surface area contributed by atoms with Crippen LogP contribution < -0.4 is 5.32 Å². The molecule has 0 saturated heterocycles. The monoisotopic (exact) mass is 283 g/mol. The van der Waals surface area contributed by atoms with Crippen LogP contribution in [0, 0.1) is 0 Å². The standard InChI is InChI=1S/C14H21NO3S/c1-14(2,3)18-13(16)15-12-7-5-11(6-8-12)9-10-17-19-4/h5-8H,9-10H2,1-4H3,(H,15,16). The molecule has 0 fully saturated rings. The van der Waals surface area contributed by atoms with Crippen molar-refractivity contribution in [3.8, 4) is 0 Å². The van der Waals surface area contributed by atoms with Gasteiger partial charge in [0.2, 0.25) is 0 Å². The second kappa shape index (κ2) is 7.40. The molecule has 0 saturated carbocycles. The van der Waals surface area contributed by atoms with Crippen LogP contribution in [0.1, 0.15) is 26.3 Å². The molecule has 19 heavy (non-hydrogen) atoms. The van der Waals surface area contributed by atoms with E-state index in [1.165, 1.54) is 17.6 Å². The molecule has 1 rings (SSSR count). The molecule has 0 aliphatic rings. The summed E-state index contributed by atoms with van der Waals surface area (Å²) < 4.78 is 10.4. The Labute approximate surface area is 119 Å². The van der Waals surface area contributed by atoms with Crippen molar-refractivity contribution in [2.45, 2.75) is 32.8 Å². The van der Waals surface area contributed by atoms with Gasteiger partial charge >= 0.3 is 6.09 Å². The lowest BCUT2D eigenvalue weighted by Crippen LogP contribution is -2.27. The van der Waals surface area contributed by atoms with Gasteiger partial charge in [-0.1, -0.05) is 12.1 Å². The van der Waals surface area contributed by atoms with Crippen molar-refractivity contribution in [2.75, 3.05) is 18.2 Å². The van der Waals surface area contributed by atoms with Crippen LogP contribution in [0.2, 0.25) is 0 Å². The summed E-state index contributed by atoms with van der Waals surface area (Å²) in [5.41, 5.74) is 1.41. The molecule has 5 heteroatoms. The van der Waals surface area contributed by atoms with Crippen molar-refractivity contribution in [1.82, 2.24) is 0 Å². The molecule has 1 aromatic rings. The number of nitrogens with one attached hydrogen (secondary N) is 1. The van der Waals surface area contributed by atoms with Crippen molar-refractivity contribution in [3.05, 3.63) is 29.8 Å². The van der Waals surface area contributed by atoms with Gasteiger partial charge in [-0.2, -0.15) is 0 Å². The van der Waals surface area contributed by atoms with Crippen LogP contribution in [0.4, 0.5) is 10.5 Å². The van der Waals surface area contributed by atoms with E-state index in [9.17, 15) is 4.79 Å². The minimum Gasteiger partial charge on any atom is -0.444 e. The fraction of sp³-hybridized carbons (Fsp3) is 0.500. The normalized spacial score (nSPS) is 11.2. The van der Waals surface area contributed by atoms with E-state index >= 15 is 0 Å². The summed E-state index contributed by atoms with van der Waals surface area (Å²) in [5, 5.41) is 2.70. The van der Waals surface area contributed by atoms with Crippen LogP contribution in [-0.2, 0) is 15.3 Å². The zero-order chi connectivity index (χ0) is 14.3. The van der Waals surface area contributed by atoms with Gasteiger partial charge in [0.25, 0.3) is 0 Å². The van der Waals surface area contributed by atoms with Gasteiger partial charge in [0, 0.05) is 11.9 Å². The summed E-state index contributed by atoms with van der Waals surface area (Å²) in [4.78, 5) is 11.6. The number of hydrogen-bond donors (Lipinski definition) is 1. The van der Waals surface area contributed by atoms with Gasteiger partial charge in [0.15, 0.2) is 0 Å². The molecule has 1 amide bonds. The van der Waals surface area contributed by atoms with Crippen LogP contribution in [0.5, 0.6) is 0 Å². The van der Waals surface area contributed by atoms with Crippen molar-refractivity contribution < 1.29 is 13.7 Å². The first-order chi connectivity index (χ1) is 8.90. The molecule has 1 N–H and O–H groups in total. The van der Waals surface area contributed by atoms with Crippen molar-refractivity contribution in [1.29, 1.82) is 0 Å². The second-order valence-corrected chi connectivity index (χ2v) is 5.63. The molecule has 106 valence electrons. The predicted molar refractivity (Wildman–Crippen MR) is 79.5 cm³/mol. The number of carbonyl (C=O) groups is 1. The Morgan fingerprint density at radius 3 is 2.42 bits per heavy atom. The summed E-state index contributed by atoms with van der Waals surface area (Å²) >= 11 is 1.36. The molecule has 0 radical (unpaired) electrons. The number of rotatable bonds is 5. The number of carbonyl (C=O) groups excluding carboxylic acids is 1. The highest BCUT2D eigenvalue weighted by Crippen LogP contribution is 2.13. The average Bonchev–Trinajstić information content (AvgIpc) is 2.29. The minimum absolute atomic E-state index is 0.439. The molecule has 4 nitrogen and oxygen atoms in total. The molecule has 0 aromatic heterocycles. The van der Waals surface area contributed by atoms with Crippen LogP contribution in [-0.4, -0.2) is 24.6 Å². The van der Waals surface area contributed by atoms with Crippen molar-refractivity contribution >= 4 is 23.8 Å². The summed E-state index contributed by atoms with van der Waals surface area (Å²) in [7, 11) is 0. The molecule has 0 aliphatic carbocycles. The van der Waals surface area contributed by atoms with Crippen molar-refractivity contribution in [3.63, 3.8) is 0 Å². The van der Waals surface area contributed by atoms with Gasteiger partial charge in [-0.15, -0.1) is 0 Å². The lowest BCUT2D eigenvalue weighted by atomic mass is 10.1. The van der Waals surface area contributed by atoms with Crippen LogP contribution in [0.3, 0.4) is 0 Å². The second-order valence-electron chi connectivity index (χ2n) is 5.06. The zero-order valence-electron chi connectivity index (χ0n) is 11.9. The van der Waals surface area contributed by atoms with Gasteiger partial charge < -0.3 is 8.92 Å². The molecule has 0 bridgehead atoms. The Kier molecular flexibility index (Phi) is 6.18. The Balaban J connectivity index is 2.45. The molecule has 0 unspecified atom stereocenters.